The van der Waals surface area contributed by atoms with Crippen molar-refractivity contribution in [2.45, 2.75) is 19.9 Å². The van der Waals surface area contributed by atoms with Crippen molar-refractivity contribution in [3.63, 3.8) is 0 Å². The van der Waals surface area contributed by atoms with Gasteiger partial charge in [0.25, 0.3) is 0 Å². The van der Waals surface area contributed by atoms with Gasteiger partial charge in [0, 0.05) is 24.1 Å². The first-order valence-corrected chi connectivity index (χ1v) is 6.47. The van der Waals surface area contributed by atoms with Gasteiger partial charge >= 0.3 is 5.97 Å². The largest absolute Gasteiger partial charge is 0.465 e. The summed E-state index contributed by atoms with van der Waals surface area (Å²) in [5.41, 5.74) is 3.70. The summed E-state index contributed by atoms with van der Waals surface area (Å²) in [6.07, 6.45) is 3.54. The minimum atomic E-state index is -0.329. The van der Waals surface area contributed by atoms with E-state index < -0.39 is 0 Å². The monoisotopic (exact) mass is 270 g/mol. The summed E-state index contributed by atoms with van der Waals surface area (Å²) in [4.78, 5) is 15.6. The Morgan fingerprint density at radius 3 is 2.60 bits per heavy atom. The molecule has 4 heteroatoms. The number of carbonyl (C=O) groups excluding carboxylic acids is 1. The maximum absolute atomic E-state index is 11.6. The van der Waals surface area contributed by atoms with Gasteiger partial charge in [-0.1, -0.05) is 6.07 Å². The average Bonchev–Trinajstić information content (AvgIpc) is 2.49. The normalized spacial score (nSPS) is 11.8. The minimum Gasteiger partial charge on any atom is -0.465 e. The molecule has 0 radical (unpaired) electrons. The lowest BCUT2D eigenvalue weighted by atomic mass is 10.1. The van der Waals surface area contributed by atoms with Crippen LogP contribution >= 0.6 is 0 Å². The number of pyridine rings is 1. The topological polar surface area (TPSA) is 51.2 Å². The number of hydrogen-bond acceptors (Lipinski definition) is 4. The van der Waals surface area contributed by atoms with E-state index in [2.05, 4.69) is 17.2 Å². The number of esters is 1. The van der Waals surface area contributed by atoms with Gasteiger partial charge in [0.1, 0.15) is 0 Å². The van der Waals surface area contributed by atoms with Gasteiger partial charge in [-0.2, -0.15) is 0 Å². The van der Waals surface area contributed by atoms with E-state index in [0.29, 0.717) is 5.56 Å². The van der Waals surface area contributed by atoms with Crippen molar-refractivity contribution in [1.29, 1.82) is 0 Å². The van der Waals surface area contributed by atoms with Crippen LogP contribution in [0.5, 0.6) is 0 Å². The van der Waals surface area contributed by atoms with Gasteiger partial charge in [-0.25, -0.2) is 4.79 Å². The first-order valence-electron chi connectivity index (χ1n) is 6.47. The maximum atomic E-state index is 11.6. The molecule has 0 fully saturated rings. The lowest BCUT2D eigenvalue weighted by molar-refractivity contribution is 0.0601. The summed E-state index contributed by atoms with van der Waals surface area (Å²) in [6, 6.07) is 9.56. The molecule has 2 rings (SSSR count). The number of benzene rings is 1. The Kier molecular flexibility index (Phi) is 4.35. The second-order valence-electron chi connectivity index (χ2n) is 4.67. The molecular formula is C16H18N2O2. The fourth-order valence-corrected chi connectivity index (χ4v) is 1.99. The molecule has 0 amide bonds. The van der Waals surface area contributed by atoms with Gasteiger partial charge in [0.15, 0.2) is 0 Å². The van der Waals surface area contributed by atoms with Crippen LogP contribution < -0.4 is 5.32 Å². The standard InChI is InChI=1S/C16H18N2O2/c1-11-4-5-14(16(19)20-3)10-15(11)18-12(2)13-6-8-17-9-7-13/h4-10,12,18H,1-3H3. The highest BCUT2D eigenvalue weighted by Crippen LogP contribution is 2.23. The van der Waals surface area contributed by atoms with Crippen LogP contribution in [0.3, 0.4) is 0 Å². The molecule has 0 aliphatic carbocycles. The Hall–Kier alpha value is -2.36. The molecule has 2 aromatic rings. The number of methoxy groups -OCH3 is 1. The SMILES string of the molecule is COC(=O)c1ccc(C)c(NC(C)c2ccncc2)c1. The smallest absolute Gasteiger partial charge is 0.337 e. The summed E-state index contributed by atoms with van der Waals surface area (Å²) < 4.78 is 4.75. The molecule has 1 atom stereocenters. The molecule has 0 saturated heterocycles. The van der Waals surface area contributed by atoms with Crippen LogP contribution in [-0.4, -0.2) is 18.1 Å². The van der Waals surface area contributed by atoms with Crippen molar-refractivity contribution < 1.29 is 9.53 Å². The zero-order valence-electron chi connectivity index (χ0n) is 11.9. The predicted molar refractivity (Wildman–Crippen MR) is 78.8 cm³/mol. The highest BCUT2D eigenvalue weighted by Gasteiger charge is 2.10. The number of nitrogens with one attached hydrogen (secondary N) is 1. The molecule has 0 saturated carbocycles. The summed E-state index contributed by atoms with van der Waals surface area (Å²) in [5.74, 6) is -0.329. The van der Waals surface area contributed by atoms with Gasteiger partial charge in [-0.3, -0.25) is 4.98 Å². The summed E-state index contributed by atoms with van der Waals surface area (Å²) in [7, 11) is 1.38. The quantitative estimate of drug-likeness (QED) is 0.866. The third-order valence-electron chi connectivity index (χ3n) is 3.24. The number of hydrogen-bond donors (Lipinski definition) is 1. The van der Waals surface area contributed by atoms with E-state index in [1.165, 1.54) is 7.11 Å². The molecule has 1 unspecified atom stereocenters. The average molecular weight is 270 g/mol. The number of rotatable bonds is 4. The van der Waals surface area contributed by atoms with Crippen LogP contribution in [0.4, 0.5) is 5.69 Å². The van der Waals surface area contributed by atoms with Gasteiger partial charge in [0.05, 0.1) is 12.7 Å². The number of aryl methyl sites for hydroxylation is 1. The molecule has 1 heterocycles. The van der Waals surface area contributed by atoms with E-state index in [-0.39, 0.29) is 12.0 Å². The van der Waals surface area contributed by atoms with Crippen LogP contribution in [0, 0.1) is 6.92 Å². The summed E-state index contributed by atoms with van der Waals surface area (Å²) >= 11 is 0. The number of anilines is 1. The Morgan fingerprint density at radius 1 is 1.25 bits per heavy atom. The number of carbonyl (C=O) groups is 1. The molecule has 1 aromatic carbocycles. The molecule has 20 heavy (non-hydrogen) atoms. The van der Waals surface area contributed by atoms with Crippen LogP contribution in [0.25, 0.3) is 0 Å². The molecule has 1 aromatic heterocycles. The van der Waals surface area contributed by atoms with Crippen molar-refractivity contribution in [3.05, 3.63) is 59.4 Å². The first-order chi connectivity index (χ1) is 9.61. The predicted octanol–water partition coefficient (Wildman–Crippen LogP) is 3.35. The van der Waals surface area contributed by atoms with Gasteiger partial charge in [-0.05, 0) is 49.2 Å². The van der Waals surface area contributed by atoms with Crippen molar-refractivity contribution in [2.24, 2.45) is 0 Å². The van der Waals surface area contributed by atoms with Crippen LogP contribution in [0.1, 0.15) is 34.5 Å². The van der Waals surface area contributed by atoms with Gasteiger partial charge in [0.2, 0.25) is 0 Å². The minimum absolute atomic E-state index is 0.129. The molecule has 0 spiro atoms. The van der Waals surface area contributed by atoms with Crippen LogP contribution in [0.2, 0.25) is 0 Å². The lowest BCUT2D eigenvalue weighted by Gasteiger charge is -2.18. The van der Waals surface area contributed by atoms with E-state index in [1.54, 1.807) is 18.5 Å². The fourth-order valence-electron chi connectivity index (χ4n) is 1.99. The zero-order valence-corrected chi connectivity index (χ0v) is 11.9. The van der Waals surface area contributed by atoms with E-state index >= 15 is 0 Å². The highest BCUT2D eigenvalue weighted by molar-refractivity contribution is 5.90. The Morgan fingerprint density at radius 2 is 1.95 bits per heavy atom. The first kappa shape index (κ1) is 14.1. The van der Waals surface area contributed by atoms with Crippen molar-refractivity contribution in [3.8, 4) is 0 Å². The molecule has 4 nitrogen and oxygen atoms in total. The molecule has 0 aliphatic rings. The van der Waals surface area contributed by atoms with Crippen LogP contribution in [-0.2, 0) is 4.74 Å². The molecular weight excluding hydrogens is 252 g/mol. The van der Waals surface area contributed by atoms with E-state index in [4.69, 9.17) is 4.74 Å². The van der Waals surface area contributed by atoms with Crippen molar-refractivity contribution in [1.82, 2.24) is 4.98 Å². The number of ether oxygens (including phenoxy) is 1. The number of nitrogens with zero attached hydrogens (tertiary/aromatic N) is 1. The Labute approximate surface area is 118 Å². The highest BCUT2D eigenvalue weighted by atomic mass is 16.5. The second-order valence-corrected chi connectivity index (χ2v) is 4.67. The summed E-state index contributed by atoms with van der Waals surface area (Å²) in [6.45, 7) is 4.07. The van der Waals surface area contributed by atoms with Crippen molar-refractivity contribution >= 4 is 11.7 Å². The van der Waals surface area contributed by atoms with E-state index in [9.17, 15) is 4.79 Å². The Balaban J connectivity index is 2.22. The third-order valence-corrected chi connectivity index (χ3v) is 3.24. The second kappa shape index (κ2) is 6.19. The molecule has 1 N–H and O–H groups in total. The third kappa shape index (κ3) is 3.15. The summed E-state index contributed by atoms with van der Waals surface area (Å²) in [5, 5.41) is 3.41. The van der Waals surface area contributed by atoms with Gasteiger partial charge < -0.3 is 10.1 Å². The number of aromatic nitrogens is 1. The molecule has 104 valence electrons. The van der Waals surface area contributed by atoms with E-state index in [1.807, 2.05) is 31.2 Å². The van der Waals surface area contributed by atoms with Gasteiger partial charge in [-0.15, -0.1) is 0 Å². The van der Waals surface area contributed by atoms with E-state index in [0.717, 1.165) is 16.8 Å². The zero-order chi connectivity index (χ0) is 14.5. The fraction of sp³-hybridized carbons (Fsp3) is 0.250. The maximum Gasteiger partial charge on any atom is 0.337 e. The molecule has 0 aliphatic heterocycles. The molecule has 0 bridgehead atoms. The van der Waals surface area contributed by atoms with Crippen molar-refractivity contribution in [2.75, 3.05) is 12.4 Å². The lowest BCUT2D eigenvalue weighted by Crippen LogP contribution is -2.09. The Bertz CT molecular complexity index is 597. The van der Waals surface area contributed by atoms with Crippen LogP contribution in [0.15, 0.2) is 42.7 Å².